The third kappa shape index (κ3) is 4.72. The van der Waals surface area contributed by atoms with Crippen LogP contribution in [0.4, 0.5) is 0 Å². The minimum absolute atomic E-state index is 0.00193. The molecule has 2 atom stereocenters. The zero-order valence-electron chi connectivity index (χ0n) is 12.2. The fourth-order valence-corrected chi connectivity index (χ4v) is 2.35. The van der Waals surface area contributed by atoms with E-state index in [1.165, 1.54) is 0 Å². The van der Waals surface area contributed by atoms with Crippen molar-refractivity contribution in [1.82, 2.24) is 5.32 Å². The predicted octanol–water partition coefficient (Wildman–Crippen LogP) is 2.54. The van der Waals surface area contributed by atoms with Gasteiger partial charge in [0.05, 0.1) is 12.3 Å². The first-order chi connectivity index (χ1) is 10.1. The highest BCUT2D eigenvalue weighted by Crippen LogP contribution is 2.16. The molecule has 3 N–H and O–H groups in total. The van der Waals surface area contributed by atoms with E-state index < -0.39 is 0 Å². The number of hydrogen-bond donors (Lipinski definition) is 2. The molecule has 0 radical (unpaired) electrons. The molecule has 1 heterocycles. The van der Waals surface area contributed by atoms with Crippen LogP contribution in [0.25, 0.3) is 0 Å². The monoisotopic (exact) mass is 351 g/mol. The van der Waals surface area contributed by atoms with E-state index in [1.807, 2.05) is 55.6 Å². The Morgan fingerprint density at radius 3 is 2.62 bits per heavy atom. The summed E-state index contributed by atoms with van der Waals surface area (Å²) in [7, 11) is 0. The second-order valence-corrected chi connectivity index (χ2v) is 6.00. The van der Waals surface area contributed by atoms with Crippen LogP contribution in [0.5, 0.6) is 0 Å². The number of carbonyl (C=O) groups excluding carboxylic acids is 1. The molecule has 5 heteroatoms. The van der Waals surface area contributed by atoms with Gasteiger partial charge in [0.15, 0.2) is 12.3 Å². The fraction of sp³-hybridized carbons (Fsp3) is 0.312. The molecule has 1 amide bonds. The van der Waals surface area contributed by atoms with Gasteiger partial charge in [0.2, 0.25) is 0 Å². The number of halogens is 1. The largest absolute Gasteiger partial charge is 0.463 e. The molecule has 1 aromatic carbocycles. The molecule has 0 unspecified atom stereocenters. The van der Waals surface area contributed by atoms with Gasteiger partial charge < -0.3 is 15.1 Å². The van der Waals surface area contributed by atoms with E-state index in [4.69, 9.17) is 4.42 Å². The number of hydrogen-bond acceptors (Lipinski definition) is 2. The minimum atomic E-state index is -0.00193. The summed E-state index contributed by atoms with van der Waals surface area (Å²) in [5, 5.41) is 4.96. The summed E-state index contributed by atoms with van der Waals surface area (Å²) >= 11 is 3.40. The predicted molar refractivity (Wildman–Crippen MR) is 84.6 cm³/mol. The molecular formula is C16H20BrN2O2+. The molecule has 2 rings (SSSR count). The molecule has 1 aromatic heterocycles. The van der Waals surface area contributed by atoms with E-state index in [2.05, 4.69) is 21.2 Å². The lowest BCUT2D eigenvalue weighted by Crippen LogP contribution is -2.87. The maximum Gasteiger partial charge on any atom is 0.275 e. The molecule has 0 fully saturated rings. The van der Waals surface area contributed by atoms with Crippen LogP contribution in [0, 0.1) is 0 Å². The zero-order valence-corrected chi connectivity index (χ0v) is 13.8. The maximum atomic E-state index is 12.0. The highest BCUT2D eigenvalue weighted by atomic mass is 79.9. The van der Waals surface area contributed by atoms with E-state index in [-0.39, 0.29) is 18.0 Å². The van der Waals surface area contributed by atoms with Crippen molar-refractivity contribution in [1.29, 1.82) is 0 Å². The molecule has 0 saturated carbocycles. The molecule has 0 spiro atoms. The van der Waals surface area contributed by atoms with Crippen LogP contribution < -0.4 is 10.6 Å². The van der Waals surface area contributed by atoms with Crippen LogP contribution in [0.3, 0.4) is 0 Å². The summed E-state index contributed by atoms with van der Waals surface area (Å²) in [5.74, 6) is 0.896. The first-order valence-corrected chi connectivity index (χ1v) is 7.77. The Bertz CT molecular complexity index is 566. The van der Waals surface area contributed by atoms with E-state index >= 15 is 0 Å². The second-order valence-electron chi connectivity index (χ2n) is 5.08. The van der Waals surface area contributed by atoms with Crippen LogP contribution in [0.15, 0.2) is 51.6 Å². The average molecular weight is 352 g/mol. The number of quaternary nitrogens is 1. The number of rotatable bonds is 6. The standard InChI is InChI=1S/C16H19BrN2O2/c1-11(13-5-7-14(17)8-6-13)19-16(20)10-18-12(2)15-4-3-9-21-15/h3-9,11-12,18H,10H2,1-2H3,(H,19,20)/p+1/t11-,12-/m1/s1. The van der Waals surface area contributed by atoms with Crippen LogP contribution in [0.2, 0.25) is 0 Å². The zero-order chi connectivity index (χ0) is 15.2. The third-order valence-electron chi connectivity index (χ3n) is 3.40. The van der Waals surface area contributed by atoms with E-state index in [0.717, 1.165) is 15.8 Å². The summed E-state index contributed by atoms with van der Waals surface area (Å²) in [4.78, 5) is 12.0. The van der Waals surface area contributed by atoms with Crippen molar-refractivity contribution in [2.45, 2.75) is 25.9 Å². The summed E-state index contributed by atoms with van der Waals surface area (Å²) < 4.78 is 6.35. The molecule has 112 valence electrons. The number of nitrogens with two attached hydrogens (primary N) is 1. The van der Waals surface area contributed by atoms with Crippen LogP contribution in [-0.2, 0) is 4.79 Å². The average Bonchev–Trinajstić information content (AvgIpc) is 2.99. The van der Waals surface area contributed by atoms with Gasteiger partial charge >= 0.3 is 0 Å². The molecule has 0 aliphatic carbocycles. The number of furan rings is 1. The van der Waals surface area contributed by atoms with Crippen molar-refractivity contribution in [3.05, 3.63) is 58.5 Å². The Hall–Kier alpha value is -1.59. The SMILES string of the molecule is C[C@@H](NC(=O)C[NH2+][C@H](C)c1ccco1)c1ccc(Br)cc1. The molecule has 0 bridgehead atoms. The summed E-state index contributed by atoms with van der Waals surface area (Å²) in [6.07, 6.45) is 1.65. The summed E-state index contributed by atoms with van der Waals surface area (Å²) in [5.41, 5.74) is 1.09. The summed E-state index contributed by atoms with van der Waals surface area (Å²) in [6.45, 7) is 4.38. The first-order valence-electron chi connectivity index (χ1n) is 6.98. The minimum Gasteiger partial charge on any atom is -0.463 e. The van der Waals surface area contributed by atoms with Gasteiger partial charge in [-0.25, -0.2) is 0 Å². The number of benzene rings is 1. The Labute approximate surface area is 133 Å². The van der Waals surface area contributed by atoms with Crippen molar-refractivity contribution in [3.8, 4) is 0 Å². The van der Waals surface area contributed by atoms with Gasteiger partial charge in [-0.05, 0) is 43.7 Å². The van der Waals surface area contributed by atoms with Gasteiger partial charge in [0, 0.05) is 4.47 Å². The molecule has 2 aromatic rings. The Kier molecular flexibility index (Phi) is 5.59. The smallest absolute Gasteiger partial charge is 0.275 e. The number of nitrogens with one attached hydrogen (secondary N) is 1. The van der Waals surface area contributed by atoms with E-state index in [1.54, 1.807) is 6.26 Å². The Balaban J connectivity index is 1.80. The number of carbonyl (C=O) groups is 1. The lowest BCUT2D eigenvalue weighted by atomic mass is 10.1. The van der Waals surface area contributed by atoms with Crippen LogP contribution in [0.1, 0.15) is 37.3 Å². The molecule has 4 nitrogen and oxygen atoms in total. The van der Waals surface area contributed by atoms with Crippen LogP contribution in [-0.4, -0.2) is 12.5 Å². The normalized spacial score (nSPS) is 13.7. The van der Waals surface area contributed by atoms with Crippen molar-refractivity contribution >= 4 is 21.8 Å². The van der Waals surface area contributed by atoms with Crippen molar-refractivity contribution in [3.63, 3.8) is 0 Å². The lowest BCUT2D eigenvalue weighted by molar-refractivity contribution is -0.684. The quantitative estimate of drug-likeness (QED) is 0.840. The van der Waals surface area contributed by atoms with Gasteiger partial charge in [-0.2, -0.15) is 0 Å². The van der Waals surface area contributed by atoms with Crippen LogP contribution >= 0.6 is 15.9 Å². The molecular weight excluding hydrogens is 332 g/mol. The fourth-order valence-electron chi connectivity index (χ4n) is 2.09. The van der Waals surface area contributed by atoms with Gasteiger partial charge in [-0.15, -0.1) is 0 Å². The van der Waals surface area contributed by atoms with Gasteiger partial charge in [0.25, 0.3) is 5.91 Å². The van der Waals surface area contributed by atoms with Gasteiger partial charge in [0.1, 0.15) is 6.04 Å². The Morgan fingerprint density at radius 2 is 2.00 bits per heavy atom. The van der Waals surface area contributed by atoms with Gasteiger partial charge in [-0.3, -0.25) is 4.79 Å². The van der Waals surface area contributed by atoms with E-state index in [9.17, 15) is 4.79 Å². The molecule has 21 heavy (non-hydrogen) atoms. The third-order valence-corrected chi connectivity index (χ3v) is 3.92. The molecule has 0 saturated heterocycles. The summed E-state index contributed by atoms with van der Waals surface area (Å²) in [6, 6.07) is 11.9. The van der Waals surface area contributed by atoms with Crippen molar-refractivity contribution in [2.75, 3.05) is 6.54 Å². The highest BCUT2D eigenvalue weighted by molar-refractivity contribution is 9.10. The first kappa shape index (κ1) is 15.8. The Morgan fingerprint density at radius 1 is 1.29 bits per heavy atom. The molecule has 0 aliphatic heterocycles. The molecule has 0 aliphatic rings. The van der Waals surface area contributed by atoms with Crippen molar-refractivity contribution < 1.29 is 14.5 Å². The topological polar surface area (TPSA) is 58.9 Å². The number of amides is 1. The van der Waals surface area contributed by atoms with Crippen molar-refractivity contribution in [2.24, 2.45) is 0 Å². The van der Waals surface area contributed by atoms with E-state index in [0.29, 0.717) is 6.54 Å². The maximum absolute atomic E-state index is 12.0. The highest BCUT2D eigenvalue weighted by Gasteiger charge is 2.15. The lowest BCUT2D eigenvalue weighted by Gasteiger charge is -2.15. The second kappa shape index (κ2) is 7.43. The van der Waals surface area contributed by atoms with Gasteiger partial charge in [-0.1, -0.05) is 28.1 Å².